The first-order valence-corrected chi connectivity index (χ1v) is 8.19. The summed E-state index contributed by atoms with van der Waals surface area (Å²) in [6.07, 6.45) is 4.86. The Morgan fingerprint density at radius 1 is 1.23 bits per heavy atom. The molecule has 1 aliphatic rings. The first kappa shape index (κ1) is 15.1. The van der Waals surface area contributed by atoms with Crippen LogP contribution in [0.4, 0.5) is 0 Å². The molecular formula is C18H23N3O. The number of nitriles is 1. The smallest absolute Gasteiger partial charge is 0.136 e. The Balaban J connectivity index is 1.68. The molecule has 4 heteroatoms. The van der Waals surface area contributed by atoms with Crippen LogP contribution in [-0.2, 0) is 6.54 Å². The maximum atomic E-state index is 9.41. The first-order chi connectivity index (χ1) is 10.8. The van der Waals surface area contributed by atoms with Gasteiger partial charge >= 0.3 is 0 Å². The summed E-state index contributed by atoms with van der Waals surface area (Å²) in [6.45, 7) is 3.81. The molecular weight excluding hydrogens is 274 g/mol. The molecule has 0 saturated heterocycles. The zero-order chi connectivity index (χ0) is 15.4. The molecule has 0 amide bonds. The van der Waals surface area contributed by atoms with E-state index in [0.29, 0.717) is 24.2 Å². The van der Waals surface area contributed by atoms with E-state index in [1.54, 1.807) is 0 Å². The predicted molar refractivity (Wildman–Crippen MR) is 87.5 cm³/mol. The highest BCUT2D eigenvalue weighted by molar-refractivity contribution is 5.84. The molecule has 0 aliphatic heterocycles. The summed E-state index contributed by atoms with van der Waals surface area (Å²) < 4.78 is 5.85. The standard InChI is InChI=1S/C18H23N3O/c1-2-20-13-6-5-7-14(10-13)21-12-18-16(11-19)15-8-3-4-9-17(15)22-18/h3-4,8-9,13-14,20-21H,2,5-7,10,12H2,1H3/t13-,14+/m0/s1. The highest BCUT2D eigenvalue weighted by Gasteiger charge is 2.22. The molecule has 1 saturated carbocycles. The van der Waals surface area contributed by atoms with Gasteiger partial charge in [-0.15, -0.1) is 0 Å². The molecule has 0 bridgehead atoms. The van der Waals surface area contributed by atoms with E-state index >= 15 is 0 Å². The Bertz CT molecular complexity index is 669. The average Bonchev–Trinajstić information content (AvgIpc) is 2.91. The lowest BCUT2D eigenvalue weighted by Crippen LogP contribution is -2.41. The van der Waals surface area contributed by atoms with Crippen LogP contribution < -0.4 is 10.6 Å². The summed E-state index contributed by atoms with van der Waals surface area (Å²) >= 11 is 0. The van der Waals surface area contributed by atoms with Gasteiger partial charge in [-0.1, -0.05) is 25.5 Å². The van der Waals surface area contributed by atoms with Crippen LogP contribution in [0.25, 0.3) is 11.0 Å². The van der Waals surface area contributed by atoms with E-state index in [-0.39, 0.29) is 0 Å². The Hall–Kier alpha value is -1.83. The number of fused-ring (bicyclic) bond motifs is 1. The van der Waals surface area contributed by atoms with Crippen molar-refractivity contribution in [3.63, 3.8) is 0 Å². The van der Waals surface area contributed by atoms with Gasteiger partial charge in [-0.05, 0) is 37.9 Å². The van der Waals surface area contributed by atoms with Crippen molar-refractivity contribution in [2.24, 2.45) is 0 Å². The predicted octanol–water partition coefficient (Wildman–Crippen LogP) is 3.31. The molecule has 2 atom stereocenters. The van der Waals surface area contributed by atoms with Crippen LogP contribution in [0.15, 0.2) is 28.7 Å². The fourth-order valence-corrected chi connectivity index (χ4v) is 3.43. The van der Waals surface area contributed by atoms with Crippen molar-refractivity contribution in [3.05, 3.63) is 35.6 Å². The highest BCUT2D eigenvalue weighted by Crippen LogP contribution is 2.26. The van der Waals surface area contributed by atoms with Crippen molar-refractivity contribution in [3.8, 4) is 6.07 Å². The minimum Gasteiger partial charge on any atom is -0.458 e. The number of para-hydroxylation sites is 1. The maximum Gasteiger partial charge on any atom is 0.136 e. The zero-order valence-electron chi connectivity index (χ0n) is 13.1. The van der Waals surface area contributed by atoms with Crippen molar-refractivity contribution >= 4 is 11.0 Å². The van der Waals surface area contributed by atoms with Crippen LogP contribution in [0.5, 0.6) is 0 Å². The van der Waals surface area contributed by atoms with Gasteiger partial charge in [0.2, 0.25) is 0 Å². The molecule has 1 fully saturated rings. The number of furan rings is 1. The molecule has 3 rings (SSSR count). The van der Waals surface area contributed by atoms with Crippen molar-refractivity contribution in [2.75, 3.05) is 6.54 Å². The van der Waals surface area contributed by atoms with Crippen molar-refractivity contribution in [2.45, 2.75) is 51.2 Å². The molecule has 0 spiro atoms. The Morgan fingerprint density at radius 3 is 2.77 bits per heavy atom. The third-order valence-electron chi connectivity index (χ3n) is 4.50. The SMILES string of the molecule is CCN[C@H]1CCC[C@@H](NCc2oc3ccccc3c2C#N)C1. The van der Waals surface area contributed by atoms with Crippen LogP contribution in [0.1, 0.15) is 43.9 Å². The van der Waals surface area contributed by atoms with Crippen molar-refractivity contribution < 1.29 is 4.42 Å². The van der Waals surface area contributed by atoms with Gasteiger partial charge in [0.25, 0.3) is 0 Å². The zero-order valence-corrected chi connectivity index (χ0v) is 13.1. The van der Waals surface area contributed by atoms with E-state index in [1.165, 1.54) is 19.3 Å². The molecule has 1 aliphatic carbocycles. The second-order valence-corrected chi connectivity index (χ2v) is 6.01. The Kier molecular flexibility index (Phi) is 4.77. The van der Waals surface area contributed by atoms with Gasteiger partial charge in [-0.25, -0.2) is 0 Å². The Morgan fingerprint density at radius 2 is 2.00 bits per heavy atom. The van der Waals surface area contributed by atoms with Gasteiger partial charge in [-0.2, -0.15) is 5.26 Å². The maximum absolute atomic E-state index is 9.41. The van der Waals surface area contributed by atoms with E-state index in [1.807, 2.05) is 24.3 Å². The summed E-state index contributed by atoms with van der Waals surface area (Å²) in [5.74, 6) is 0.759. The molecule has 0 unspecified atom stereocenters. The fourth-order valence-electron chi connectivity index (χ4n) is 3.43. The molecule has 116 valence electrons. The molecule has 0 radical (unpaired) electrons. The second kappa shape index (κ2) is 6.95. The number of hydrogen-bond donors (Lipinski definition) is 2. The fraction of sp³-hybridized carbons (Fsp3) is 0.500. The first-order valence-electron chi connectivity index (χ1n) is 8.19. The van der Waals surface area contributed by atoms with E-state index in [4.69, 9.17) is 4.42 Å². The molecule has 1 aromatic heterocycles. The lowest BCUT2D eigenvalue weighted by atomic mass is 9.91. The van der Waals surface area contributed by atoms with Crippen LogP contribution in [-0.4, -0.2) is 18.6 Å². The minimum atomic E-state index is 0.498. The number of nitrogens with zero attached hydrogens (tertiary/aromatic N) is 1. The van der Waals surface area contributed by atoms with Gasteiger partial charge in [0.05, 0.1) is 6.54 Å². The average molecular weight is 297 g/mol. The molecule has 1 heterocycles. The lowest BCUT2D eigenvalue weighted by Gasteiger charge is -2.30. The van der Waals surface area contributed by atoms with Crippen LogP contribution >= 0.6 is 0 Å². The van der Waals surface area contributed by atoms with Gasteiger partial charge < -0.3 is 15.1 Å². The second-order valence-electron chi connectivity index (χ2n) is 6.01. The topological polar surface area (TPSA) is 61.0 Å². The van der Waals surface area contributed by atoms with E-state index in [0.717, 1.165) is 29.7 Å². The van der Waals surface area contributed by atoms with Crippen LogP contribution in [0.3, 0.4) is 0 Å². The van der Waals surface area contributed by atoms with Crippen LogP contribution in [0.2, 0.25) is 0 Å². The minimum absolute atomic E-state index is 0.498. The molecule has 4 nitrogen and oxygen atoms in total. The van der Waals surface area contributed by atoms with Crippen molar-refractivity contribution in [1.82, 2.24) is 10.6 Å². The monoisotopic (exact) mass is 297 g/mol. The van der Waals surface area contributed by atoms with E-state index in [9.17, 15) is 5.26 Å². The number of hydrogen-bond acceptors (Lipinski definition) is 4. The quantitative estimate of drug-likeness (QED) is 0.889. The third kappa shape index (κ3) is 3.16. The third-order valence-corrected chi connectivity index (χ3v) is 4.50. The molecule has 22 heavy (non-hydrogen) atoms. The summed E-state index contributed by atoms with van der Waals surface area (Å²) in [6, 6.07) is 11.1. The summed E-state index contributed by atoms with van der Waals surface area (Å²) in [7, 11) is 0. The molecule has 2 N–H and O–H groups in total. The van der Waals surface area contributed by atoms with Gasteiger partial charge in [0.1, 0.15) is 23.0 Å². The summed E-state index contributed by atoms with van der Waals surface area (Å²) in [5, 5.41) is 17.4. The Labute approximate surface area is 131 Å². The summed E-state index contributed by atoms with van der Waals surface area (Å²) in [5.41, 5.74) is 1.46. The van der Waals surface area contributed by atoms with Gasteiger partial charge in [0.15, 0.2) is 0 Å². The molecule has 1 aromatic carbocycles. The van der Waals surface area contributed by atoms with E-state index < -0.39 is 0 Å². The molecule has 2 aromatic rings. The highest BCUT2D eigenvalue weighted by atomic mass is 16.3. The van der Waals surface area contributed by atoms with E-state index in [2.05, 4.69) is 23.6 Å². The number of nitrogens with one attached hydrogen (secondary N) is 2. The normalized spacial score (nSPS) is 21.8. The summed E-state index contributed by atoms with van der Waals surface area (Å²) in [4.78, 5) is 0. The number of benzene rings is 1. The van der Waals surface area contributed by atoms with Crippen molar-refractivity contribution in [1.29, 1.82) is 5.26 Å². The van der Waals surface area contributed by atoms with Gasteiger partial charge in [-0.3, -0.25) is 0 Å². The number of rotatable bonds is 5. The van der Waals surface area contributed by atoms with Gasteiger partial charge in [0, 0.05) is 17.5 Å². The van der Waals surface area contributed by atoms with Crippen LogP contribution in [0, 0.1) is 11.3 Å². The lowest BCUT2D eigenvalue weighted by molar-refractivity contribution is 0.299. The largest absolute Gasteiger partial charge is 0.458 e.